The average molecular weight is 483 g/mol. The first-order chi connectivity index (χ1) is 15.0. The maximum absolute atomic E-state index is 13.1. The number of rotatable bonds is 10. The van der Waals surface area contributed by atoms with Crippen molar-refractivity contribution in [3.63, 3.8) is 0 Å². The Kier molecular flexibility index (Phi) is 8.85. The van der Waals surface area contributed by atoms with Crippen molar-refractivity contribution >= 4 is 34.8 Å². The van der Waals surface area contributed by atoms with Crippen LogP contribution in [0.15, 0.2) is 54.6 Å². The van der Waals surface area contributed by atoms with E-state index in [2.05, 4.69) is 5.32 Å². The summed E-state index contributed by atoms with van der Waals surface area (Å²) in [5, 5.41) is 5.24. The van der Waals surface area contributed by atoms with Crippen molar-refractivity contribution in [1.29, 1.82) is 0 Å². The molecule has 0 radical (unpaired) electrons. The van der Waals surface area contributed by atoms with Crippen LogP contribution in [0.1, 0.15) is 23.6 Å². The molecule has 0 saturated heterocycles. The molecule has 0 atom stereocenters. The Morgan fingerprint density at radius 2 is 1.55 bits per heavy atom. The molecule has 0 aliphatic rings. The van der Waals surface area contributed by atoms with Gasteiger partial charge in [-0.3, -0.25) is 0 Å². The minimum absolute atomic E-state index is 0.281. The molecule has 164 valence electrons. The molecule has 0 spiro atoms. The zero-order valence-electron chi connectivity index (χ0n) is 17.1. The summed E-state index contributed by atoms with van der Waals surface area (Å²) in [4.78, 5) is 0. The molecule has 0 aromatic heterocycles. The van der Waals surface area contributed by atoms with E-state index in [-0.39, 0.29) is 12.4 Å². The van der Waals surface area contributed by atoms with Crippen LogP contribution < -0.4 is 14.8 Å². The lowest BCUT2D eigenvalue weighted by molar-refractivity contribution is 0.269. The van der Waals surface area contributed by atoms with Crippen LogP contribution in [0.3, 0.4) is 0 Å². The van der Waals surface area contributed by atoms with Gasteiger partial charge < -0.3 is 14.8 Å². The fraction of sp³-hybridized carbons (Fsp3) is 0.250. The fourth-order valence-electron chi connectivity index (χ4n) is 3.01. The number of halogens is 4. The van der Waals surface area contributed by atoms with Gasteiger partial charge in [0.1, 0.15) is 12.4 Å². The van der Waals surface area contributed by atoms with Gasteiger partial charge in [-0.05, 0) is 66.9 Å². The first-order valence-electron chi connectivity index (χ1n) is 9.93. The standard InChI is InChI=1S/C24H23Cl3FNO2/c1-2-30-23-11-18(14-29-10-9-17-5-6-19(25)12-21(17)26)22(27)13-24(23)31-15-16-3-7-20(28)8-4-16/h3-8,11-13,29H,2,9-10,14-15H2,1H3. The maximum Gasteiger partial charge on any atom is 0.163 e. The third kappa shape index (κ3) is 7.01. The number of hydrogen-bond donors (Lipinski definition) is 1. The zero-order valence-corrected chi connectivity index (χ0v) is 19.3. The predicted molar refractivity (Wildman–Crippen MR) is 125 cm³/mol. The average Bonchev–Trinajstić information content (AvgIpc) is 2.74. The molecule has 0 bridgehead atoms. The van der Waals surface area contributed by atoms with Crippen molar-refractivity contribution in [2.45, 2.75) is 26.5 Å². The van der Waals surface area contributed by atoms with E-state index in [0.29, 0.717) is 39.7 Å². The highest BCUT2D eigenvalue weighted by molar-refractivity contribution is 6.35. The van der Waals surface area contributed by atoms with E-state index in [1.807, 2.05) is 25.1 Å². The molecule has 3 aromatic rings. The topological polar surface area (TPSA) is 30.5 Å². The Balaban J connectivity index is 1.61. The van der Waals surface area contributed by atoms with Gasteiger partial charge in [0, 0.05) is 27.7 Å². The number of nitrogens with one attached hydrogen (secondary N) is 1. The first kappa shape index (κ1) is 23.7. The molecule has 3 aromatic carbocycles. The second-order valence-electron chi connectivity index (χ2n) is 6.90. The predicted octanol–water partition coefficient (Wildman–Crippen LogP) is 7.10. The van der Waals surface area contributed by atoms with Gasteiger partial charge in [-0.25, -0.2) is 4.39 Å². The molecule has 0 unspecified atom stereocenters. The second-order valence-corrected chi connectivity index (χ2v) is 8.15. The van der Waals surface area contributed by atoms with Gasteiger partial charge in [0.05, 0.1) is 6.61 Å². The van der Waals surface area contributed by atoms with Crippen molar-refractivity contribution in [3.8, 4) is 11.5 Å². The Morgan fingerprint density at radius 3 is 2.26 bits per heavy atom. The summed E-state index contributed by atoms with van der Waals surface area (Å²) in [6.45, 7) is 3.99. The summed E-state index contributed by atoms with van der Waals surface area (Å²) in [5.74, 6) is 0.886. The zero-order chi connectivity index (χ0) is 22.2. The molecular weight excluding hydrogens is 460 g/mol. The van der Waals surface area contributed by atoms with E-state index in [1.165, 1.54) is 12.1 Å². The highest BCUT2D eigenvalue weighted by Crippen LogP contribution is 2.34. The Morgan fingerprint density at radius 1 is 0.839 bits per heavy atom. The Labute approximate surface area is 197 Å². The molecule has 0 heterocycles. The van der Waals surface area contributed by atoms with E-state index in [9.17, 15) is 4.39 Å². The highest BCUT2D eigenvalue weighted by Gasteiger charge is 2.12. The highest BCUT2D eigenvalue weighted by atomic mass is 35.5. The third-order valence-corrected chi connectivity index (χ3v) is 5.56. The van der Waals surface area contributed by atoms with E-state index >= 15 is 0 Å². The van der Waals surface area contributed by atoms with Gasteiger partial charge in [-0.1, -0.05) is 53.0 Å². The summed E-state index contributed by atoms with van der Waals surface area (Å²) in [5.41, 5.74) is 2.79. The van der Waals surface area contributed by atoms with E-state index in [4.69, 9.17) is 44.3 Å². The molecule has 31 heavy (non-hydrogen) atoms. The van der Waals surface area contributed by atoms with E-state index in [0.717, 1.165) is 29.7 Å². The molecular formula is C24H23Cl3FNO2. The first-order valence-corrected chi connectivity index (χ1v) is 11.1. The summed E-state index contributed by atoms with van der Waals surface area (Å²) in [6.07, 6.45) is 0.769. The lowest BCUT2D eigenvalue weighted by Gasteiger charge is -2.15. The smallest absolute Gasteiger partial charge is 0.163 e. The molecule has 1 N–H and O–H groups in total. The van der Waals surface area contributed by atoms with Crippen LogP contribution in [0.2, 0.25) is 15.1 Å². The summed E-state index contributed by atoms with van der Waals surface area (Å²) < 4.78 is 24.7. The maximum atomic E-state index is 13.1. The Hall–Kier alpha value is -1.98. The SMILES string of the molecule is CCOc1cc(CNCCc2ccc(Cl)cc2Cl)c(Cl)cc1OCc1ccc(F)cc1. The Bertz CT molecular complexity index is 1010. The van der Waals surface area contributed by atoms with Crippen molar-refractivity contribution in [2.24, 2.45) is 0 Å². The van der Waals surface area contributed by atoms with Crippen molar-refractivity contribution in [3.05, 3.63) is 92.2 Å². The number of benzene rings is 3. The molecule has 7 heteroatoms. The number of hydrogen-bond acceptors (Lipinski definition) is 3. The quantitative estimate of drug-likeness (QED) is 0.313. The lowest BCUT2D eigenvalue weighted by Crippen LogP contribution is -2.17. The normalized spacial score (nSPS) is 10.9. The van der Waals surface area contributed by atoms with Crippen molar-refractivity contribution in [2.75, 3.05) is 13.2 Å². The fourth-order valence-corrected chi connectivity index (χ4v) is 3.73. The molecule has 3 rings (SSSR count). The molecule has 0 aliphatic heterocycles. The second kappa shape index (κ2) is 11.6. The minimum Gasteiger partial charge on any atom is -0.490 e. The van der Waals surface area contributed by atoms with Crippen LogP contribution in [0.5, 0.6) is 11.5 Å². The van der Waals surface area contributed by atoms with Gasteiger partial charge in [0.25, 0.3) is 0 Å². The lowest BCUT2D eigenvalue weighted by atomic mass is 10.1. The summed E-state index contributed by atoms with van der Waals surface area (Å²) >= 11 is 18.6. The van der Waals surface area contributed by atoms with Crippen LogP contribution >= 0.6 is 34.8 Å². The van der Waals surface area contributed by atoms with Gasteiger partial charge in [-0.15, -0.1) is 0 Å². The van der Waals surface area contributed by atoms with Crippen LogP contribution in [0.25, 0.3) is 0 Å². The molecule has 0 amide bonds. The van der Waals surface area contributed by atoms with Crippen LogP contribution in [-0.2, 0) is 19.6 Å². The van der Waals surface area contributed by atoms with Gasteiger partial charge in [0.15, 0.2) is 11.5 Å². The van der Waals surface area contributed by atoms with Gasteiger partial charge in [-0.2, -0.15) is 0 Å². The van der Waals surface area contributed by atoms with Gasteiger partial charge >= 0.3 is 0 Å². The molecule has 3 nitrogen and oxygen atoms in total. The van der Waals surface area contributed by atoms with E-state index in [1.54, 1.807) is 24.3 Å². The largest absolute Gasteiger partial charge is 0.490 e. The third-order valence-electron chi connectivity index (χ3n) is 4.62. The summed E-state index contributed by atoms with van der Waals surface area (Å²) in [7, 11) is 0. The summed E-state index contributed by atoms with van der Waals surface area (Å²) in [6, 6.07) is 15.3. The number of ether oxygens (including phenoxy) is 2. The van der Waals surface area contributed by atoms with Crippen molar-refractivity contribution in [1.82, 2.24) is 5.32 Å². The van der Waals surface area contributed by atoms with E-state index < -0.39 is 0 Å². The van der Waals surface area contributed by atoms with Crippen LogP contribution in [0.4, 0.5) is 4.39 Å². The minimum atomic E-state index is -0.281. The molecule has 0 saturated carbocycles. The van der Waals surface area contributed by atoms with Gasteiger partial charge in [0.2, 0.25) is 0 Å². The molecule has 0 aliphatic carbocycles. The molecule has 0 fully saturated rings. The van der Waals surface area contributed by atoms with Crippen LogP contribution in [-0.4, -0.2) is 13.2 Å². The monoisotopic (exact) mass is 481 g/mol. The van der Waals surface area contributed by atoms with Crippen molar-refractivity contribution < 1.29 is 13.9 Å². The van der Waals surface area contributed by atoms with Crippen LogP contribution in [0, 0.1) is 5.82 Å².